The first kappa shape index (κ1) is 12.2. The van der Waals surface area contributed by atoms with Gasteiger partial charge in [-0.2, -0.15) is 0 Å². The van der Waals surface area contributed by atoms with Gasteiger partial charge in [0, 0.05) is 5.69 Å². The number of aryl methyl sites for hydroxylation is 3. The van der Waals surface area contributed by atoms with Gasteiger partial charge in [-0.1, -0.05) is 17.7 Å². The highest BCUT2D eigenvalue weighted by atomic mass is 16.4. The first-order valence-corrected chi connectivity index (χ1v) is 4.97. The summed E-state index contributed by atoms with van der Waals surface area (Å²) in [7, 11) is 0. The maximum atomic E-state index is 10.9. The molecule has 1 aromatic rings. The van der Waals surface area contributed by atoms with E-state index in [1.807, 2.05) is 32.9 Å². The fourth-order valence-corrected chi connectivity index (χ4v) is 1.94. The molecule has 1 amide bonds. The third-order valence-corrected chi connectivity index (χ3v) is 2.36. The molecular formula is C12H15NO3. The van der Waals surface area contributed by atoms with Crippen LogP contribution in [-0.2, 0) is 9.59 Å². The molecular weight excluding hydrogens is 206 g/mol. The zero-order valence-electron chi connectivity index (χ0n) is 9.65. The van der Waals surface area contributed by atoms with Crippen LogP contribution >= 0.6 is 0 Å². The molecule has 0 heterocycles. The summed E-state index contributed by atoms with van der Waals surface area (Å²) in [4.78, 5) is 22.7. The fraction of sp³-hybridized carbons (Fsp3) is 0.333. The normalized spacial score (nSPS) is 9.94. The predicted octanol–water partition coefficient (Wildman–Crippen LogP) is 1.66. The molecule has 0 aliphatic heterocycles. The number of carbonyl (C=O) groups excluding carboxylic acids is 1. The van der Waals surface area contributed by atoms with Crippen LogP contribution in [0.15, 0.2) is 12.1 Å². The molecule has 4 nitrogen and oxygen atoms in total. The van der Waals surface area contributed by atoms with Gasteiger partial charge in [0.2, 0.25) is 6.41 Å². The molecule has 0 saturated heterocycles. The molecule has 0 atom stereocenters. The highest BCUT2D eigenvalue weighted by molar-refractivity contribution is 5.87. The van der Waals surface area contributed by atoms with Gasteiger partial charge < -0.3 is 10.0 Å². The van der Waals surface area contributed by atoms with Crippen molar-refractivity contribution in [1.82, 2.24) is 0 Å². The second-order valence-corrected chi connectivity index (χ2v) is 3.87. The quantitative estimate of drug-likeness (QED) is 0.786. The van der Waals surface area contributed by atoms with Crippen LogP contribution in [0, 0.1) is 20.8 Å². The lowest BCUT2D eigenvalue weighted by Crippen LogP contribution is -2.29. The Kier molecular flexibility index (Phi) is 3.66. The third-order valence-electron chi connectivity index (χ3n) is 2.36. The Morgan fingerprint density at radius 2 is 1.81 bits per heavy atom. The molecule has 16 heavy (non-hydrogen) atoms. The molecule has 0 bridgehead atoms. The maximum Gasteiger partial charge on any atom is 0.323 e. The van der Waals surface area contributed by atoms with Crippen LogP contribution in [0.25, 0.3) is 0 Å². The smallest absolute Gasteiger partial charge is 0.323 e. The molecule has 0 aliphatic rings. The second-order valence-electron chi connectivity index (χ2n) is 3.87. The van der Waals surface area contributed by atoms with Crippen LogP contribution in [0.3, 0.4) is 0 Å². The molecule has 0 aliphatic carbocycles. The van der Waals surface area contributed by atoms with Crippen LogP contribution in [-0.4, -0.2) is 24.0 Å². The number of nitrogens with zero attached hydrogens (tertiary/aromatic N) is 1. The van der Waals surface area contributed by atoms with Crippen LogP contribution in [0.5, 0.6) is 0 Å². The second kappa shape index (κ2) is 4.79. The van der Waals surface area contributed by atoms with Crippen molar-refractivity contribution in [3.8, 4) is 0 Å². The molecule has 0 aromatic heterocycles. The van der Waals surface area contributed by atoms with Gasteiger partial charge in [0.15, 0.2) is 0 Å². The number of carboxylic acids is 1. The van der Waals surface area contributed by atoms with Crippen molar-refractivity contribution in [1.29, 1.82) is 0 Å². The highest BCUT2D eigenvalue weighted by Gasteiger charge is 2.14. The van der Waals surface area contributed by atoms with Crippen LogP contribution in [0.4, 0.5) is 5.69 Å². The van der Waals surface area contributed by atoms with Gasteiger partial charge in [0.1, 0.15) is 6.54 Å². The SMILES string of the molecule is Cc1cc(C)c(N(C=O)CC(=O)O)c(C)c1. The Hall–Kier alpha value is -1.84. The van der Waals surface area contributed by atoms with Crippen molar-refractivity contribution in [2.45, 2.75) is 20.8 Å². The van der Waals surface area contributed by atoms with Gasteiger partial charge in [-0.3, -0.25) is 9.59 Å². The van der Waals surface area contributed by atoms with E-state index in [1.54, 1.807) is 0 Å². The van der Waals surface area contributed by atoms with Crippen LogP contribution in [0.2, 0.25) is 0 Å². The number of rotatable bonds is 4. The molecule has 0 spiro atoms. The minimum Gasteiger partial charge on any atom is -0.480 e. The Balaban J connectivity index is 3.19. The number of amides is 1. The van der Waals surface area contributed by atoms with Crippen molar-refractivity contribution in [2.24, 2.45) is 0 Å². The molecule has 0 saturated carbocycles. The first-order valence-electron chi connectivity index (χ1n) is 4.97. The van der Waals surface area contributed by atoms with Gasteiger partial charge in [0.05, 0.1) is 0 Å². The topological polar surface area (TPSA) is 57.6 Å². The molecule has 0 fully saturated rings. The van der Waals surface area contributed by atoms with Crippen LogP contribution < -0.4 is 4.90 Å². The van der Waals surface area contributed by atoms with E-state index in [2.05, 4.69) is 0 Å². The minimum atomic E-state index is -1.02. The number of carboxylic acid groups (broad SMARTS) is 1. The number of anilines is 1. The van der Waals surface area contributed by atoms with E-state index in [0.717, 1.165) is 16.7 Å². The summed E-state index contributed by atoms with van der Waals surface area (Å²) in [5, 5.41) is 8.71. The molecule has 0 radical (unpaired) electrons. The van der Waals surface area contributed by atoms with E-state index in [0.29, 0.717) is 12.1 Å². The lowest BCUT2D eigenvalue weighted by atomic mass is 10.0. The van der Waals surface area contributed by atoms with E-state index in [4.69, 9.17) is 5.11 Å². The monoisotopic (exact) mass is 221 g/mol. The summed E-state index contributed by atoms with van der Waals surface area (Å²) in [6.07, 6.45) is 0.554. The molecule has 0 unspecified atom stereocenters. The van der Waals surface area contributed by atoms with Gasteiger partial charge >= 0.3 is 5.97 Å². The van der Waals surface area contributed by atoms with Crippen molar-refractivity contribution in [2.75, 3.05) is 11.4 Å². The molecule has 4 heteroatoms. The predicted molar refractivity (Wildman–Crippen MR) is 61.7 cm³/mol. The number of benzene rings is 1. The zero-order chi connectivity index (χ0) is 12.3. The standard InChI is InChI=1S/C12H15NO3/c1-8-4-9(2)12(10(3)5-8)13(7-14)6-11(15)16/h4-5,7H,6H2,1-3H3,(H,15,16). The van der Waals surface area contributed by atoms with Crippen molar-refractivity contribution < 1.29 is 14.7 Å². The molecule has 86 valence electrons. The van der Waals surface area contributed by atoms with E-state index < -0.39 is 5.97 Å². The van der Waals surface area contributed by atoms with E-state index in [1.165, 1.54) is 4.90 Å². The van der Waals surface area contributed by atoms with Crippen molar-refractivity contribution in [3.05, 3.63) is 28.8 Å². The Morgan fingerprint density at radius 1 is 1.31 bits per heavy atom. The Morgan fingerprint density at radius 3 is 2.19 bits per heavy atom. The lowest BCUT2D eigenvalue weighted by Gasteiger charge is -2.20. The maximum absolute atomic E-state index is 10.9. The van der Waals surface area contributed by atoms with Gasteiger partial charge in [-0.15, -0.1) is 0 Å². The molecule has 1 aromatic carbocycles. The third kappa shape index (κ3) is 2.59. The van der Waals surface area contributed by atoms with Gasteiger partial charge in [-0.25, -0.2) is 0 Å². The Bertz CT molecular complexity index is 403. The first-order chi connectivity index (χ1) is 7.45. The van der Waals surface area contributed by atoms with E-state index in [9.17, 15) is 9.59 Å². The summed E-state index contributed by atoms with van der Waals surface area (Å²) in [6.45, 7) is 5.39. The van der Waals surface area contributed by atoms with Gasteiger partial charge in [0.25, 0.3) is 0 Å². The largest absolute Gasteiger partial charge is 0.480 e. The van der Waals surface area contributed by atoms with Crippen molar-refractivity contribution >= 4 is 18.1 Å². The summed E-state index contributed by atoms with van der Waals surface area (Å²) in [6, 6.07) is 3.86. The van der Waals surface area contributed by atoms with Gasteiger partial charge in [-0.05, 0) is 31.9 Å². The lowest BCUT2D eigenvalue weighted by molar-refractivity contribution is -0.136. The Labute approximate surface area is 94.5 Å². The number of hydrogen-bond acceptors (Lipinski definition) is 2. The summed E-state index contributed by atoms with van der Waals surface area (Å²) in [5.41, 5.74) is 3.60. The average Bonchev–Trinajstić information content (AvgIpc) is 2.13. The fourth-order valence-electron chi connectivity index (χ4n) is 1.94. The van der Waals surface area contributed by atoms with Crippen LogP contribution in [0.1, 0.15) is 16.7 Å². The van der Waals surface area contributed by atoms with E-state index >= 15 is 0 Å². The zero-order valence-corrected chi connectivity index (χ0v) is 9.65. The summed E-state index contributed by atoms with van der Waals surface area (Å²) in [5.74, 6) is -1.02. The summed E-state index contributed by atoms with van der Waals surface area (Å²) < 4.78 is 0. The number of aliphatic carboxylic acids is 1. The highest BCUT2D eigenvalue weighted by Crippen LogP contribution is 2.25. The molecule has 1 rings (SSSR count). The average molecular weight is 221 g/mol. The number of hydrogen-bond donors (Lipinski definition) is 1. The summed E-state index contributed by atoms with van der Waals surface area (Å²) >= 11 is 0. The minimum absolute atomic E-state index is 0.311. The van der Waals surface area contributed by atoms with Crippen molar-refractivity contribution in [3.63, 3.8) is 0 Å². The number of carbonyl (C=O) groups is 2. The molecule has 1 N–H and O–H groups in total. The van der Waals surface area contributed by atoms with E-state index in [-0.39, 0.29) is 6.54 Å².